The third kappa shape index (κ3) is 2.47. The molecule has 0 aromatic carbocycles. The third-order valence-corrected chi connectivity index (χ3v) is 1.93. The maximum Gasteiger partial charge on any atom is 0.574 e. The van der Waals surface area contributed by atoms with E-state index in [4.69, 9.17) is 5.11 Å². The predicted octanol–water partition coefficient (Wildman–Crippen LogP) is 2.16. The van der Waals surface area contributed by atoms with Crippen molar-refractivity contribution < 1.29 is 27.8 Å². The van der Waals surface area contributed by atoms with Crippen molar-refractivity contribution in [2.45, 2.75) is 6.36 Å². The maximum atomic E-state index is 11.9. The van der Waals surface area contributed by atoms with Crippen LogP contribution in [0, 0.1) is 0 Å². The number of carbonyl (C=O) groups is 1. The molecule has 2 heterocycles. The molecule has 0 saturated heterocycles. The van der Waals surface area contributed by atoms with Crippen LogP contribution in [-0.2, 0) is 0 Å². The number of rotatable bonds is 2. The van der Waals surface area contributed by atoms with Crippen LogP contribution in [0.2, 0.25) is 0 Å². The highest BCUT2D eigenvalue weighted by Gasteiger charge is 2.31. The molecule has 2 rings (SSSR count). The smallest absolute Gasteiger partial charge is 0.477 e. The van der Waals surface area contributed by atoms with E-state index in [-0.39, 0.29) is 11.2 Å². The lowest BCUT2D eigenvalue weighted by Gasteiger charge is -2.06. The molecule has 0 aliphatic carbocycles. The minimum atomic E-state index is -4.83. The molecule has 0 aliphatic rings. The molecule has 0 atom stereocenters. The van der Waals surface area contributed by atoms with Gasteiger partial charge in [0.2, 0.25) is 5.88 Å². The molecular weight excluding hydrogens is 241 g/mol. The summed E-state index contributed by atoms with van der Waals surface area (Å²) >= 11 is 0. The van der Waals surface area contributed by atoms with Crippen LogP contribution >= 0.6 is 0 Å². The molecule has 2 aromatic rings. The van der Waals surface area contributed by atoms with E-state index in [1.807, 2.05) is 0 Å². The normalized spacial score (nSPS) is 11.7. The minimum Gasteiger partial charge on any atom is -0.477 e. The molecule has 0 radical (unpaired) electrons. The SMILES string of the molecule is O=C(O)c1cc2cnc(OC(F)(F)F)cc2[nH]1. The van der Waals surface area contributed by atoms with Crippen molar-refractivity contribution in [1.29, 1.82) is 0 Å². The summed E-state index contributed by atoms with van der Waals surface area (Å²) in [4.78, 5) is 16.5. The van der Waals surface area contributed by atoms with Gasteiger partial charge in [-0.05, 0) is 6.07 Å². The van der Waals surface area contributed by atoms with Gasteiger partial charge in [0.1, 0.15) is 5.69 Å². The number of nitrogens with one attached hydrogen (secondary N) is 1. The second-order valence-electron chi connectivity index (χ2n) is 3.15. The molecule has 0 bridgehead atoms. The minimum absolute atomic E-state index is 0.133. The van der Waals surface area contributed by atoms with Crippen molar-refractivity contribution in [3.63, 3.8) is 0 Å². The maximum absolute atomic E-state index is 11.9. The van der Waals surface area contributed by atoms with Gasteiger partial charge in [0.25, 0.3) is 0 Å². The number of pyridine rings is 1. The summed E-state index contributed by atoms with van der Waals surface area (Å²) in [7, 11) is 0. The van der Waals surface area contributed by atoms with Crippen molar-refractivity contribution >= 4 is 16.9 Å². The fraction of sp³-hybridized carbons (Fsp3) is 0.111. The van der Waals surface area contributed by atoms with E-state index in [0.717, 1.165) is 12.3 Å². The molecule has 2 N–H and O–H groups in total. The van der Waals surface area contributed by atoms with E-state index in [2.05, 4.69) is 14.7 Å². The van der Waals surface area contributed by atoms with Crippen LogP contribution in [0.25, 0.3) is 10.9 Å². The Hall–Kier alpha value is -2.25. The lowest BCUT2D eigenvalue weighted by molar-refractivity contribution is -0.276. The average molecular weight is 246 g/mol. The number of fused-ring (bicyclic) bond motifs is 1. The van der Waals surface area contributed by atoms with E-state index in [1.165, 1.54) is 6.07 Å². The number of hydrogen-bond donors (Lipinski definition) is 2. The van der Waals surface area contributed by atoms with Gasteiger partial charge in [0.05, 0.1) is 5.52 Å². The molecule has 8 heteroatoms. The number of hydrogen-bond acceptors (Lipinski definition) is 3. The molecule has 2 aromatic heterocycles. The first-order chi connectivity index (χ1) is 7.85. The summed E-state index contributed by atoms with van der Waals surface area (Å²) in [6.07, 6.45) is -3.73. The molecule has 90 valence electrons. The highest BCUT2D eigenvalue weighted by molar-refractivity contribution is 5.93. The summed E-state index contributed by atoms with van der Waals surface area (Å²) < 4.78 is 39.3. The summed E-state index contributed by atoms with van der Waals surface area (Å²) in [6.45, 7) is 0. The van der Waals surface area contributed by atoms with Crippen LogP contribution in [0.1, 0.15) is 10.5 Å². The standard InChI is InChI=1S/C9H5F3N2O3/c10-9(11,12)17-7-2-5-4(3-13-7)1-6(14-5)8(15)16/h1-3,14H,(H,15,16). The molecule has 5 nitrogen and oxygen atoms in total. The van der Waals surface area contributed by atoms with Gasteiger partial charge in [0.15, 0.2) is 0 Å². The highest BCUT2D eigenvalue weighted by Crippen LogP contribution is 2.24. The van der Waals surface area contributed by atoms with E-state index >= 15 is 0 Å². The zero-order valence-electron chi connectivity index (χ0n) is 8.08. The zero-order chi connectivity index (χ0) is 12.6. The number of aromatic amines is 1. The Balaban J connectivity index is 2.40. The van der Waals surface area contributed by atoms with Crippen molar-refractivity contribution in [2.24, 2.45) is 0 Å². The van der Waals surface area contributed by atoms with Gasteiger partial charge < -0.3 is 14.8 Å². The second kappa shape index (κ2) is 3.65. The van der Waals surface area contributed by atoms with Crippen molar-refractivity contribution in [2.75, 3.05) is 0 Å². The van der Waals surface area contributed by atoms with Gasteiger partial charge >= 0.3 is 12.3 Å². The summed E-state index contributed by atoms with van der Waals surface area (Å²) in [5.41, 5.74) is 0.0719. The zero-order valence-corrected chi connectivity index (χ0v) is 8.08. The molecule has 0 unspecified atom stereocenters. The quantitative estimate of drug-likeness (QED) is 0.851. The summed E-state index contributed by atoms with van der Waals surface area (Å²) in [5, 5.41) is 9.06. The van der Waals surface area contributed by atoms with Crippen LogP contribution in [0.15, 0.2) is 18.3 Å². The Morgan fingerprint density at radius 1 is 1.41 bits per heavy atom. The van der Waals surface area contributed by atoms with Crippen molar-refractivity contribution in [3.8, 4) is 5.88 Å². The number of ether oxygens (including phenoxy) is 1. The van der Waals surface area contributed by atoms with Crippen molar-refractivity contribution in [1.82, 2.24) is 9.97 Å². The Morgan fingerprint density at radius 2 is 2.12 bits per heavy atom. The van der Waals surface area contributed by atoms with Gasteiger partial charge in [-0.15, -0.1) is 13.2 Å². The number of H-pyrrole nitrogens is 1. The fourth-order valence-electron chi connectivity index (χ4n) is 1.30. The van der Waals surface area contributed by atoms with Gasteiger partial charge in [-0.3, -0.25) is 0 Å². The fourth-order valence-corrected chi connectivity index (χ4v) is 1.30. The first-order valence-electron chi connectivity index (χ1n) is 4.33. The molecule has 0 fully saturated rings. The second-order valence-corrected chi connectivity index (χ2v) is 3.15. The van der Waals surface area contributed by atoms with Gasteiger partial charge in [-0.1, -0.05) is 0 Å². The number of alkyl halides is 3. The van der Waals surface area contributed by atoms with Gasteiger partial charge in [-0.25, -0.2) is 9.78 Å². The summed E-state index contributed by atoms with van der Waals surface area (Å²) in [6, 6.07) is 2.25. The third-order valence-electron chi connectivity index (χ3n) is 1.93. The predicted molar refractivity (Wildman–Crippen MR) is 49.7 cm³/mol. The lowest BCUT2D eigenvalue weighted by atomic mass is 10.3. The largest absolute Gasteiger partial charge is 0.574 e. The average Bonchev–Trinajstić information content (AvgIpc) is 2.57. The van der Waals surface area contributed by atoms with Crippen LogP contribution in [0.4, 0.5) is 13.2 Å². The Bertz CT molecular complexity index is 576. The molecule has 17 heavy (non-hydrogen) atoms. The first kappa shape index (κ1) is 11.2. The van der Waals surface area contributed by atoms with Gasteiger partial charge in [0, 0.05) is 17.6 Å². The molecule has 0 saturated carbocycles. The van der Waals surface area contributed by atoms with Crippen LogP contribution in [0.3, 0.4) is 0 Å². The van der Waals surface area contributed by atoms with E-state index in [1.54, 1.807) is 0 Å². The number of carboxylic acids is 1. The number of aromatic carboxylic acids is 1. The monoisotopic (exact) mass is 246 g/mol. The topological polar surface area (TPSA) is 75.2 Å². The van der Waals surface area contributed by atoms with Crippen LogP contribution in [0.5, 0.6) is 5.88 Å². The number of halogens is 3. The highest BCUT2D eigenvalue weighted by atomic mass is 19.4. The Kier molecular flexibility index (Phi) is 2.41. The Morgan fingerprint density at radius 3 is 2.71 bits per heavy atom. The molecular formula is C9H5F3N2O3. The number of carboxylic acid groups (broad SMARTS) is 1. The van der Waals surface area contributed by atoms with Crippen molar-refractivity contribution in [3.05, 3.63) is 24.0 Å². The van der Waals surface area contributed by atoms with Crippen LogP contribution < -0.4 is 4.74 Å². The number of nitrogens with zero attached hydrogens (tertiary/aromatic N) is 1. The van der Waals surface area contributed by atoms with Gasteiger partial charge in [-0.2, -0.15) is 0 Å². The lowest BCUT2D eigenvalue weighted by Crippen LogP contribution is -2.17. The van der Waals surface area contributed by atoms with E-state index in [9.17, 15) is 18.0 Å². The summed E-state index contributed by atoms with van der Waals surface area (Å²) in [5.74, 6) is -1.86. The molecule has 0 amide bonds. The Labute approximate surface area is 91.8 Å². The molecule has 0 aliphatic heterocycles. The van der Waals surface area contributed by atoms with E-state index in [0.29, 0.717) is 5.39 Å². The van der Waals surface area contributed by atoms with Crippen LogP contribution in [-0.4, -0.2) is 27.4 Å². The molecule has 0 spiro atoms. The van der Waals surface area contributed by atoms with E-state index < -0.39 is 18.2 Å². The first-order valence-corrected chi connectivity index (χ1v) is 4.33. The number of aromatic nitrogens is 2.